The van der Waals surface area contributed by atoms with Gasteiger partial charge in [-0.3, -0.25) is 0 Å². The van der Waals surface area contributed by atoms with Crippen molar-refractivity contribution in [2.24, 2.45) is 0 Å². The third-order valence-electron chi connectivity index (χ3n) is 5.77. The van der Waals surface area contributed by atoms with Crippen LogP contribution in [0.2, 0.25) is 0 Å². The van der Waals surface area contributed by atoms with Gasteiger partial charge in [0.15, 0.2) is 0 Å². The first-order valence-corrected chi connectivity index (χ1v) is 10.9. The zero-order valence-electron chi connectivity index (χ0n) is 18.9. The molecule has 0 N–H and O–H groups in total. The summed E-state index contributed by atoms with van der Waals surface area (Å²) in [5, 5.41) is 0. The predicted molar refractivity (Wildman–Crippen MR) is 132 cm³/mol. The van der Waals surface area contributed by atoms with Gasteiger partial charge in [0.1, 0.15) is 5.82 Å². The number of hydrogen-bond acceptors (Lipinski definition) is 1. The minimum atomic E-state index is 0.146. The normalized spacial score (nSPS) is 11.5. The first-order chi connectivity index (χ1) is 14.9. The molecular formula is C29H30N2. The summed E-state index contributed by atoms with van der Waals surface area (Å²) < 4.78 is 2.18. The molecule has 0 radical (unpaired) electrons. The number of aromatic nitrogens is 2. The van der Waals surface area contributed by atoms with Crippen LogP contribution in [0.5, 0.6) is 0 Å². The Balaban J connectivity index is 1.62. The van der Waals surface area contributed by atoms with E-state index in [2.05, 4.69) is 118 Å². The third-order valence-corrected chi connectivity index (χ3v) is 5.77. The standard InChI is InChI=1S/C29H30N2/c1-6-31-20-27(25-16-18-26(19-17-25)29(3,4)5)30-28(31)21(2)22-12-14-24(15-13-22)23-10-8-7-9-11-23/h7-20H,2,6H2,1,3-5H3. The number of hydrogen-bond donors (Lipinski definition) is 0. The molecule has 1 aromatic heterocycles. The Bertz CT molecular complexity index is 1170. The van der Waals surface area contributed by atoms with E-state index in [1.54, 1.807) is 0 Å². The quantitative estimate of drug-likeness (QED) is 0.334. The topological polar surface area (TPSA) is 17.8 Å². The molecule has 0 aliphatic heterocycles. The Labute approximate surface area is 185 Å². The lowest BCUT2D eigenvalue weighted by Crippen LogP contribution is -2.10. The molecule has 0 unspecified atom stereocenters. The van der Waals surface area contributed by atoms with E-state index in [1.807, 2.05) is 6.07 Å². The van der Waals surface area contributed by atoms with Crippen LogP contribution in [0.1, 0.15) is 44.6 Å². The maximum absolute atomic E-state index is 4.96. The van der Waals surface area contributed by atoms with E-state index in [4.69, 9.17) is 4.98 Å². The molecule has 0 saturated carbocycles. The monoisotopic (exact) mass is 406 g/mol. The molecule has 2 heteroatoms. The van der Waals surface area contributed by atoms with Gasteiger partial charge in [-0.2, -0.15) is 0 Å². The second kappa shape index (κ2) is 8.39. The maximum atomic E-state index is 4.96. The van der Waals surface area contributed by atoms with Crippen LogP contribution in [0, 0.1) is 0 Å². The van der Waals surface area contributed by atoms with Crippen LogP contribution >= 0.6 is 0 Å². The van der Waals surface area contributed by atoms with Gasteiger partial charge < -0.3 is 4.57 Å². The molecule has 0 aliphatic rings. The van der Waals surface area contributed by atoms with Crippen LogP contribution in [0.3, 0.4) is 0 Å². The van der Waals surface area contributed by atoms with E-state index in [1.165, 1.54) is 16.7 Å². The molecule has 2 nitrogen and oxygen atoms in total. The van der Waals surface area contributed by atoms with Crippen molar-refractivity contribution in [1.29, 1.82) is 0 Å². The van der Waals surface area contributed by atoms with E-state index in [0.29, 0.717) is 0 Å². The van der Waals surface area contributed by atoms with Crippen molar-refractivity contribution in [3.63, 3.8) is 0 Å². The number of aryl methyl sites for hydroxylation is 1. The number of rotatable bonds is 5. The summed E-state index contributed by atoms with van der Waals surface area (Å²) in [7, 11) is 0. The summed E-state index contributed by atoms with van der Waals surface area (Å²) in [6.07, 6.45) is 2.13. The van der Waals surface area contributed by atoms with Crippen LogP contribution in [0.25, 0.3) is 28.0 Å². The van der Waals surface area contributed by atoms with Gasteiger partial charge in [0.2, 0.25) is 0 Å². The number of benzene rings is 3. The molecule has 31 heavy (non-hydrogen) atoms. The first kappa shape index (κ1) is 20.9. The maximum Gasteiger partial charge on any atom is 0.140 e. The van der Waals surface area contributed by atoms with Gasteiger partial charge in [0.25, 0.3) is 0 Å². The van der Waals surface area contributed by atoms with Crippen molar-refractivity contribution in [1.82, 2.24) is 9.55 Å². The van der Waals surface area contributed by atoms with Crippen LogP contribution in [-0.2, 0) is 12.0 Å². The largest absolute Gasteiger partial charge is 0.331 e. The smallest absolute Gasteiger partial charge is 0.140 e. The Morgan fingerprint density at radius 3 is 1.97 bits per heavy atom. The molecule has 0 bridgehead atoms. The fraction of sp³-hybridized carbons (Fsp3) is 0.207. The zero-order valence-corrected chi connectivity index (χ0v) is 18.9. The molecule has 0 atom stereocenters. The van der Waals surface area contributed by atoms with Crippen molar-refractivity contribution in [3.8, 4) is 22.4 Å². The highest BCUT2D eigenvalue weighted by Crippen LogP contribution is 2.29. The van der Waals surface area contributed by atoms with Gasteiger partial charge in [-0.25, -0.2) is 4.98 Å². The second-order valence-corrected chi connectivity index (χ2v) is 8.99. The van der Waals surface area contributed by atoms with Crippen molar-refractivity contribution in [3.05, 3.63) is 109 Å². The first-order valence-electron chi connectivity index (χ1n) is 10.9. The SMILES string of the molecule is C=C(c1ccc(-c2ccccc2)cc1)c1nc(-c2ccc(C(C)(C)C)cc2)cn1CC. The van der Waals surface area contributed by atoms with Crippen LogP contribution in [0.4, 0.5) is 0 Å². The highest BCUT2D eigenvalue weighted by Gasteiger charge is 2.16. The van der Waals surface area contributed by atoms with Crippen LogP contribution < -0.4 is 0 Å². The van der Waals surface area contributed by atoms with Crippen LogP contribution in [0.15, 0.2) is 91.6 Å². The Kier molecular flexibility index (Phi) is 5.65. The van der Waals surface area contributed by atoms with E-state index in [0.717, 1.165) is 34.8 Å². The highest BCUT2D eigenvalue weighted by atomic mass is 15.1. The molecule has 3 aromatic carbocycles. The average Bonchev–Trinajstić information content (AvgIpc) is 3.23. The molecular weight excluding hydrogens is 376 g/mol. The van der Waals surface area contributed by atoms with Crippen molar-refractivity contribution < 1.29 is 0 Å². The van der Waals surface area contributed by atoms with E-state index < -0.39 is 0 Å². The lowest BCUT2D eigenvalue weighted by molar-refractivity contribution is 0.590. The predicted octanol–water partition coefficient (Wildman–Crippen LogP) is 7.60. The molecule has 4 rings (SSSR count). The Morgan fingerprint density at radius 1 is 0.806 bits per heavy atom. The molecule has 1 heterocycles. The van der Waals surface area contributed by atoms with Crippen molar-refractivity contribution in [2.75, 3.05) is 0 Å². The van der Waals surface area contributed by atoms with Gasteiger partial charge in [0.05, 0.1) is 5.69 Å². The van der Waals surface area contributed by atoms with E-state index >= 15 is 0 Å². The van der Waals surface area contributed by atoms with Gasteiger partial charge in [0, 0.05) is 23.9 Å². The van der Waals surface area contributed by atoms with Gasteiger partial charge in [-0.05, 0) is 34.6 Å². The van der Waals surface area contributed by atoms with Crippen molar-refractivity contribution >= 4 is 5.57 Å². The molecule has 0 aliphatic carbocycles. The average molecular weight is 407 g/mol. The second-order valence-electron chi connectivity index (χ2n) is 8.99. The molecule has 0 spiro atoms. The lowest BCUT2D eigenvalue weighted by atomic mass is 9.86. The van der Waals surface area contributed by atoms with E-state index in [-0.39, 0.29) is 5.41 Å². The van der Waals surface area contributed by atoms with Crippen molar-refractivity contribution in [2.45, 2.75) is 39.7 Å². The summed E-state index contributed by atoms with van der Waals surface area (Å²) in [4.78, 5) is 4.96. The van der Waals surface area contributed by atoms with Crippen LogP contribution in [-0.4, -0.2) is 9.55 Å². The molecule has 0 saturated heterocycles. The fourth-order valence-electron chi connectivity index (χ4n) is 3.80. The molecule has 0 fully saturated rings. The molecule has 156 valence electrons. The Morgan fingerprint density at radius 2 is 1.39 bits per heavy atom. The third kappa shape index (κ3) is 4.39. The summed E-state index contributed by atoms with van der Waals surface area (Å²) in [5.41, 5.74) is 8.05. The summed E-state index contributed by atoms with van der Waals surface area (Å²) in [6, 6.07) is 27.8. The minimum Gasteiger partial charge on any atom is -0.331 e. The highest BCUT2D eigenvalue weighted by molar-refractivity contribution is 5.78. The molecule has 4 aromatic rings. The Hall–Kier alpha value is -3.39. The van der Waals surface area contributed by atoms with Gasteiger partial charge >= 0.3 is 0 Å². The number of imidazole rings is 1. The lowest BCUT2D eigenvalue weighted by Gasteiger charge is -2.18. The summed E-state index contributed by atoms with van der Waals surface area (Å²) >= 11 is 0. The summed E-state index contributed by atoms with van der Waals surface area (Å²) in [6.45, 7) is 14.1. The summed E-state index contributed by atoms with van der Waals surface area (Å²) in [5.74, 6) is 0.921. The van der Waals surface area contributed by atoms with Gasteiger partial charge in [-0.15, -0.1) is 0 Å². The van der Waals surface area contributed by atoms with E-state index in [9.17, 15) is 0 Å². The number of nitrogens with zero attached hydrogens (tertiary/aromatic N) is 2. The zero-order chi connectivity index (χ0) is 22.0. The van der Waals surface area contributed by atoms with Gasteiger partial charge in [-0.1, -0.05) is 106 Å². The fourth-order valence-corrected chi connectivity index (χ4v) is 3.80. The minimum absolute atomic E-state index is 0.146. The molecule has 0 amide bonds.